The molecule has 1 fully saturated rings. The van der Waals surface area contributed by atoms with E-state index in [4.69, 9.17) is 0 Å². The normalized spacial score (nSPS) is 22.5. The molecule has 0 aromatic carbocycles. The van der Waals surface area contributed by atoms with Gasteiger partial charge in [-0.15, -0.1) is 0 Å². The predicted molar refractivity (Wildman–Crippen MR) is 59.0 cm³/mol. The van der Waals surface area contributed by atoms with Crippen molar-refractivity contribution in [3.05, 3.63) is 21.6 Å². The zero-order valence-corrected chi connectivity index (χ0v) is 9.04. The molecule has 0 amide bonds. The second-order valence-electron chi connectivity index (χ2n) is 3.61. The summed E-state index contributed by atoms with van der Waals surface area (Å²) in [6, 6.07) is 0.499. The molecule has 0 spiro atoms. The van der Waals surface area contributed by atoms with Gasteiger partial charge in [0, 0.05) is 41.8 Å². The lowest BCUT2D eigenvalue weighted by molar-refractivity contribution is 0.556. The van der Waals surface area contributed by atoms with Crippen molar-refractivity contribution >= 4 is 11.8 Å². The lowest BCUT2D eigenvalue weighted by Crippen LogP contribution is -2.39. The third kappa shape index (κ3) is 2.04. The first-order valence-electron chi connectivity index (χ1n) is 4.84. The minimum absolute atomic E-state index is 0.00321. The summed E-state index contributed by atoms with van der Waals surface area (Å²) in [4.78, 5) is 11.2. The molecule has 3 N–H and O–H groups in total. The Morgan fingerprint density at radius 1 is 1.50 bits per heavy atom. The fourth-order valence-corrected chi connectivity index (χ4v) is 2.61. The molecule has 78 valence electrons. The number of H-pyrrole nitrogens is 2. The Labute approximate surface area is 86.8 Å². The molecule has 0 saturated carbocycles. The Hall–Kier alpha value is -0.680. The van der Waals surface area contributed by atoms with Gasteiger partial charge in [0.25, 0.3) is 5.56 Å². The predicted octanol–water partition coefficient (Wildman–Crippen LogP) is 0.259. The fourth-order valence-electron chi connectivity index (χ4n) is 1.66. The minimum Gasteiger partial charge on any atom is -0.312 e. The second kappa shape index (κ2) is 4.23. The van der Waals surface area contributed by atoms with Gasteiger partial charge in [0.2, 0.25) is 0 Å². The van der Waals surface area contributed by atoms with Gasteiger partial charge in [0.1, 0.15) is 0 Å². The molecule has 1 aliphatic heterocycles. The Balaban J connectivity index is 2.02. The van der Waals surface area contributed by atoms with E-state index < -0.39 is 0 Å². The molecule has 4 nitrogen and oxygen atoms in total. The van der Waals surface area contributed by atoms with Crippen LogP contribution in [0.1, 0.15) is 11.3 Å². The van der Waals surface area contributed by atoms with E-state index >= 15 is 0 Å². The van der Waals surface area contributed by atoms with Crippen LogP contribution in [0, 0.1) is 6.92 Å². The average molecular weight is 213 g/mol. The molecule has 1 aromatic heterocycles. The summed E-state index contributed by atoms with van der Waals surface area (Å²) in [6.45, 7) is 2.93. The van der Waals surface area contributed by atoms with Crippen LogP contribution in [0.15, 0.2) is 4.79 Å². The number of aromatic nitrogens is 2. The van der Waals surface area contributed by atoms with Crippen LogP contribution in [0.2, 0.25) is 0 Å². The van der Waals surface area contributed by atoms with Gasteiger partial charge in [-0.2, -0.15) is 11.8 Å². The maximum absolute atomic E-state index is 11.2. The lowest BCUT2D eigenvalue weighted by Gasteiger charge is -2.22. The van der Waals surface area contributed by atoms with Crippen LogP contribution in [0.3, 0.4) is 0 Å². The van der Waals surface area contributed by atoms with Crippen LogP contribution in [-0.4, -0.2) is 34.3 Å². The van der Waals surface area contributed by atoms with Crippen LogP contribution in [0.25, 0.3) is 0 Å². The number of aromatic amines is 2. The molecule has 14 heavy (non-hydrogen) atoms. The van der Waals surface area contributed by atoms with Gasteiger partial charge in [-0.25, -0.2) is 0 Å². The highest BCUT2D eigenvalue weighted by molar-refractivity contribution is 7.99. The van der Waals surface area contributed by atoms with Crippen molar-refractivity contribution in [2.45, 2.75) is 19.4 Å². The Morgan fingerprint density at radius 3 is 2.93 bits per heavy atom. The van der Waals surface area contributed by atoms with Crippen molar-refractivity contribution in [2.75, 3.05) is 18.1 Å². The van der Waals surface area contributed by atoms with Crippen molar-refractivity contribution < 1.29 is 0 Å². The first-order valence-corrected chi connectivity index (χ1v) is 6.00. The average Bonchev–Trinajstić information content (AvgIpc) is 2.52. The Morgan fingerprint density at radius 2 is 2.36 bits per heavy atom. The van der Waals surface area contributed by atoms with Crippen LogP contribution in [-0.2, 0) is 6.42 Å². The Kier molecular flexibility index (Phi) is 2.98. The topological polar surface area (TPSA) is 60.7 Å². The van der Waals surface area contributed by atoms with E-state index in [0.717, 1.165) is 30.0 Å². The van der Waals surface area contributed by atoms with Crippen LogP contribution >= 0.6 is 11.8 Å². The third-order valence-electron chi connectivity index (χ3n) is 2.57. The number of hydrogen-bond donors (Lipinski definition) is 3. The third-order valence-corrected chi connectivity index (χ3v) is 3.70. The van der Waals surface area contributed by atoms with Gasteiger partial charge in [0.05, 0.1) is 0 Å². The van der Waals surface area contributed by atoms with Gasteiger partial charge in [0.15, 0.2) is 0 Å². The summed E-state index contributed by atoms with van der Waals surface area (Å²) in [5.41, 5.74) is 1.86. The van der Waals surface area contributed by atoms with E-state index in [0.29, 0.717) is 6.04 Å². The van der Waals surface area contributed by atoms with Gasteiger partial charge < -0.3 is 10.4 Å². The smallest absolute Gasteiger partial charge is 0.267 e. The van der Waals surface area contributed by atoms with Crippen molar-refractivity contribution in [3.8, 4) is 0 Å². The van der Waals surface area contributed by atoms with Gasteiger partial charge >= 0.3 is 0 Å². The van der Waals surface area contributed by atoms with E-state index in [1.54, 1.807) is 0 Å². The van der Waals surface area contributed by atoms with Crippen LogP contribution < -0.4 is 10.9 Å². The molecule has 0 aliphatic carbocycles. The van der Waals surface area contributed by atoms with E-state index in [9.17, 15) is 4.79 Å². The molecule has 2 rings (SSSR count). The summed E-state index contributed by atoms with van der Waals surface area (Å²) >= 11 is 1.97. The standard InChI is InChI=1S/C9H15N3OS/c1-6-8(11-12-9(6)13)4-7-5-14-3-2-10-7/h7,10H,2-5H2,1H3,(H2,11,12,13). The number of rotatable bonds is 2. The molecule has 1 saturated heterocycles. The first kappa shape index (κ1) is 9.86. The second-order valence-corrected chi connectivity index (χ2v) is 4.76. The summed E-state index contributed by atoms with van der Waals surface area (Å²) in [7, 11) is 0. The summed E-state index contributed by atoms with van der Waals surface area (Å²) < 4.78 is 0. The van der Waals surface area contributed by atoms with E-state index in [1.165, 1.54) is 5.75 Å². The molecule has 1 aliphatic rings. The zero-order valence-electron chi connectivity index (χ0n) is 8.22. The summed E-state index contributed by atoms with van der Waals surface area (Å²) in [5, 5.41) is 8.99. The maximum atomic E-state index is 11.2. The van der Waals surface area contributed by atoms with Gasteiger partial charge in [-0.1, -0.05) is 0 Å². The first-order chi connectivity index (χ1) is 6.77. The molecular weight excluding hydrogens is 198 g/mol. The van der Waals surface area contributed by atoms with Crippen molar-refractivity contribution in [3.63, 3.8) is 0 Å². The molecular formula is C9H15N3OS. The van der Waals surface area contributed by atoms with Gasteiger partial charge in [-0.3, -0.25) is 9.89 Å². The highest BCUT2D eigenvalue weighted by Gasteiger charge is 2.15. The van der Waals surface area contributed by atoms with Crippen molar-refractivity contribution in [1.29, 1.82) is 0 Å². The summed E-state index contributed by atoms with van der Waals surface area (Å²) in [6.07, 6.45) is 0.914. The highest BCUT2D eigenvalue weighted by Crippen LogP contribution is 2.11. The maximum Gasteiger partial charge on any atom is 0.267 e. The zero-order chi connectivity index (χ0) is 9.97. The SMILES string of the molecule is Cc1c(CC2CSCCN2)[nH][nH]c1=O. The van der Waals surface area contributed by atoms with Crippen LogP contribution in [0.5, 0.6) is 0 Å². The lowest BCUT2D eigenvalue weighted by atomic mass is 10.1. The van der Waals surface area contributed by atoms with E-state index in [-0.39, 0.29) is 5.56 Å². The molecule has 1 atom stereocenters. The van der Waals surface area contributed by atoms with Crippen molar-refractivity contribution in [1.82, 2.24) is 15.5 Å². The largest absolute Gasteiger partial charge is 0.312 e. The monoisotopic (exact) mass is 213 g/mol. The van der Waals surface area contributed by atoms with E-state index in [2.05, 4.69) is 15.5 Å². The fraction of sp³-hybridized carbons (Fsp3) is 0.667. The number of hydrogen-bond acceptors (Lipinski definition) is 3. The molecule has 1 aromatic rings. The van der Waals surface area contributed by atoms with Crippen LogP contribution in [0.4, 0.5) is 0 Å². The number of nitrogens with one attached hydrogen (secondary N) is 3. The molecule has 0 bridgehead atoms. The number of thioether (sulfide) groups is 1. The molecule has 1 unspecified atom stereocenters. The highest BCUT2D eigenvalue weighted by atomic mass is 32.2. The molecule has 2 heterocycles. The molecule has 5 heteroatoms. The molecule has 0 radical (unpaired) electrons. The van der Waals surface area contributed by atoms with E-state index in [1.807, 2.05) is 18.7 Å². The Bertz CT molecular complexity index is 351. The minimum atomic E-state index is 0.00321. The van der Waals surface area contributed by atoms with Crippen molar-refractivity contribution in [2.24, 2.45) is 0 Å². The summed E-state index contributed by atoms with van der Waals surface area (Å²) in [5.74, 6) is 2.33. The van der Waals surface area contributed by atoms with Gasteiger partial charge in [-0.05, 0) is 6.92 Å². The quantitative estimate of drug-likeness (QED) is 0.660.